The molecule has 0 amide bonds. The summed E-state index contributed by atoms with van der Waals surface area (Å²) in [6, 6.07) is 9.93. The molecule has 0 unspecified atom stereocenters. The zero-order valence-electron chi connectivity index (χ0n) is 9.42. The summed E-state index contributed by atoms with van der Waals surface area (Å²) in [5, 5.41) is 11.1. The molecule has 16 heavy (non-hydrogen) atoms. The standard InChI is InChI=1S/C13H18N2O/c16-15(13-9-5-2-6-10-13)11-14-12-7-3-1-4-8-12/h1,3-4,7-8,11,13,16H,2,5-6,9-10H2. The van der Waals surface area contributed by atoms with Gasteiger partial charge in [0.15, 0.2) is 0 Å². The van der Waals surface area contributed by atoms with Crippen LogP contribution < -0.4 is 0 Å². The molecule has 1 aliphatic carbocycles. The van der Waals surface area contributed by atoms with Crippen LogP contribution in [0, 0.1) is 0 Å². The Morgan fingerprint density at radius 2 is 1.81 bits per heavy atom. The lowest BCUT2D eigenvalue weighted by atomic mass is 9.95. The van der Waals surface area contributed by atoms with Gasteiger partial charge in [-0.05, 0) is 25.0 Å². The van der Waals surface area contributed by atoms with Crippen molar-refractivity contribution in [1.82, 2.24) is 5.06 Å². The molecular weight excluding hydrogens is 200 g/mol. The number of hydroxylamine groups is 2. The van der Waals surface area contributed by atoms with Gasteiger partial charge in [-0.15, -0.1) is 0 Å². The number of hydrogen-bond donors (Lipinski definition) is 1. The van der Waals surface area contributed by atoms with Crippen molar-refractivity contribution in [3.8, 4) is 0 Å². The summed E-state index contributed by atoms with van der Waals surface area (Å²) < 4.78 is 0. The third-order valence-corrected chi connectivity index (χ3v) is 3.03. The van der Waals surface area contributed by atoms with Gasteiger partial charge in [-0.3, -0.25) is 5.21 Å². The minimum absolute atomic E-state index is 0.251. The molecule has 1 saturated carbocycles. The van der Waals surface area contributed by atoms with E-state index in [1.165, 1.54) is 30.7 Å². The molecule has 1 fully saturated rings. The van der Waals surface area contributed by atoms with Gasteiger partial charge in [0.2, 0.25) is 0 Å². The summed E-state index contributed by atoms with van der Waals surface area (Å²) in [6.45, 7) is 0. The molecular formula is C13H18N2O. The van der Waals surface area contributed by atoms with Crippen LogP contribution in [0.2, 0.25) is 0 Å². The van der Waals surface area contributed by atoms with Crippen LogP contribution >= 0.6 is 0 Å². The predicted octanol–water partition coefficient (Wildman–Crippen LogP) is 3.37. The number of para-hydroxylation sites is 1. The smallest absolute Gasteiger partial charge is 0.116 e. The fourth-order valence-electron chi connectivity index (χ4n) is 2.08. The molecule has 0 atom stereocenters. The van der Waals surface area contributed by atoms with Crippen LogP contribution in [-0.2, 0) is 0 Å². The normalized spacial score (nSPS) is 17.8. The first-order valence-electron chi connectivity index (χ1n) is 5.93. The van der Waals surface area contributed by atoms with Crippen molar-refractivity contribution in [2.75, 3.05) is 0 Å². The molecule has 3 nitrogen and oxygen atoms in total. The molecule has 0 spiro atoms. The summed E-state index contributed by atoms with van der Waals surface area (Å²) >= 11 is 0. The van der Waals surface area contributed by atoms with Crippen LogP contribution in [0.4, 0.5) is 5.69 Å². The van der Waals surface area contributed by atoms with Crippen molar-refractivity contribution in [2.45, 2.75) is 38.1 Å². The number of benzene rings is 1. The minimum atomic E-state index is 0.251. The molecule has 1 aromatic rings. The largest absolute Gasteiger partial charge is 0.287 e. The van der Waals surface area contributed by atoms with E-state index in [9.17, 15) is 5.21 Å². The Morgan fingerprint density at radius 1 is 1.12 bits per heavy atom. The molecule has 3 heteroatoms. The van der Waals surface area contributed by atoms with Crippen molar-refractivity contribution in [2.24, 2.45) is 4.99 Å². The summed E-state index contributed by atoms with van der Waals surface area (Å²) in [6.07, 6.45) is 7.38. The lowest BCUT2D eigenvalue weighted by molar-refractivity contribution is -0.0582. The first kappa shape index (κ1) is 11.1. The molecule has 0 aliphatic heterocycles. The molecule has 0 saturated heterocycles. The van der Waals surface area contributed by atoms with Gasteiger partial charge in [-0.1, -0.05) is 37.5 Å². The summed E-state index contributed by atoms with van der Waals surface area (Å²) in [5.41, 5.74) is 0.873. The van der Waals surface area contributed by atoms with Crippen LogP contribution in [0.5, 0.6) is 0 Å². The van der Waals surface area contributed by atoms with E-state index in [0.717, 1.165) is 18.5 Å². The molecule has 0 aromatic heterocycles. The van der Waals surface area contributed by atoms with Gasteiger partial charge in [0.1, 0.15) is 6.34 Å². The van der Waals surface area contributed by atoms with Crippen molar-refractivity contribution in [3.05, 3.63) is 30.3 Å². The molecule has 1 aliphatic rings. The van der Waals surface area contributed by atoms with E-state index >= 15 is 0 Å². The lowest BCUT2D eigenvalue weighted by Crippen LogP contribution is -2.32. The molecule has 86 valence electrons. The zero-order chi connectivity index (χ0) is 11.2. The first-order valence-corrected chi connectivity index (χ1v) is 5.93. The van der Waals surface area contributed by atoms with Crippen LogP contribution in [0.25, 0.3) is 0 Å². The van der Waals surface area contributed by atoms with Crippen LogP contribution in [-0.4, -0.2) is 22.7 Å². The van der Waals surface area contributed by atoms with Crippen molar-refractivity contribution < 1.29 is 5.21 Å². The first-order chi connectivity index (χ1) is 7.86. The van der Waals surface area contributed by atoms with Gasteiger partial charge in [-0.25, -0.2) is 10.1 Å². The fourth-order valence-corrected chi connectivity index (χ4v) is 2.08. The highest BCUT2D eigenvalue weighted by Gasteiger charge is 2.17. The molecule has 0 bridgehead atoms. The molecule has 0 radical (unpaired) electrons. The van der Waals surface area contributed by atoms with Crippen LogP contribution in [0.1, 0.15) is 32.1 Å². The Kier molecular flexibility index (Phi) is 3.94. The molecule has 1 aromatic carbocycles. The third-order valence-electron chi connectivity index (χ3n) is 3.03. The maximum Gasteiger partial charge on any atom is 0.116 e. The van der Waals surface area contributed by atoms with Crippen LogP contribution in [0.3, 0.4) is 0 Å². The van der Waals surface area contributed by atoms with E-state index < -0.39 is 0 Å². The monoisotopic (exact) mass is 218 g/mol. The number of rotatable bonds is 3. The van der Waals surface area contributed by atoms with Gasteiger partial charge >= 0.3 is 0 Å². The third kappa shape index (κ3) is 3.07. The van der Waals surface area contributed by atoms with Gasteiger partial charge in [0.25, 0.3) is 0 Å². The highest BCUT2D eigenvalue weighted by molar-refractivity contribution is 5.60. The number of aliphatic imine (C=N–C) groups is 1. The van der Waals surface area contributed by atoms with E-state index in [-0.39, 0.29) is 6.04 Å². The van der Waals surface area contributed by atoms with E-state index in [2.05, 4.69) is 4.99 Å². The van der Waals surface area contributed by atoms with Crippen molar-refractivity contribution in [1.29, 1.82) is 0 Å². The average molecular weight is 218 g/mol. The minimum Gasteiger partial charge on any atom is -0.287 e. The Morgan fingerprint density at radius 3 is 2.50 bits per heavy atom. The van der Waals surface area contributed by atoms with Crippen LogP contribution in [0.15, 0.2) is 35.3 Å². The number of nitrogens with zero attached hydrogens (tertiary/aromatic N) is 2. The average Bonchev–Trinajstić information content (AvgIpc) is 2.38. The summed E-state index contributed by atoms with van der Waals surface area (Å²) in [5.74, 6) is 0. The Labute approximate surface area is 96.4 Å². The highest BCUT2D eigenvalue weighted by Crippen LogP contribution is 2.21. The maximum atomic E-state index is 9.82. The predicted molar refractivity (Wildman–Crippen MR) is 65.1 cm³/mol. The van der Waals surface area contributed by atoms with Gasteiger partial charge < -0.3 is 0 Å². The topological polar surface area (TPSA) is 35.8 Å². The molecule has 0 heterocycles. The SMILES string of the molecule is ON(C=Nc1ccccc1)C1CCCCC1. The van der Waals surface area contributed by atoms with E-state index in [4.69, 9.17) is 0 Å². The zero-order valence-corrected chi connectivity index (χ0v) is 9.42. The quantitative estimate of drug-likeness (QED) is 0.479. The second-order valence-corrected chi connectivity index (χ2v) is 4.25. The Bertz CT molecular complexity index is 331. The van der Waals surface area contributed by atoms with E-state index in [0.29, 0.717) is 0 Å². The van der Waals surface area contributed by atoms with E-state index in [1.807, 2.05) is 30.3 Å². The second kappa shape index (κ2) is 5.66. The Hall–Kier alpha value is -1.35. The van der Waals surface area contributed by atoms with Gasteiger partial charge in [0, 0.05) is 0 Å². The Balaban J connectivity index is 1.91. The second-order valence-electron chi connectivity index (χ2n) is 4.25. The molecule has 1 N–H and O–H groups in total. The fraction of sp³-hybridized carbons (Fsp3) is 0.462. The number of hydrogen-bond acceptors (Lipinski definition) is 2. The summed E-state index contributed by atoms with van der Waals surface area (Å²) in [7, 11) is 0. The van der Waals surface area contributed by atoms with Crippen molar-refractivity contribution >= 4 is 12.0 Å². The summed E-state index contributed by atoms with van der Waals surface area (Å²) in [4.78, 5) is 4.23. The highest BCUT2D eigenvalue weighted by atomic mass is 16.5. The van der Waals surface area contributed by atoms with E-state index in [1.54, 1.807) is 0 Å². The van der Waals surface area contributed by atoms with Crippen molar-refractivity contribution in [3.63, 3.8) is 0 Å². The van der Waals surface area contributed by atoms with Gasteiger partial charge in [-0.2, -0.15) is 0 Å². The van der Waals surface area contributed by atoms with Gasteiger partial charge in [0.05, 0.1) is 11.7 Å². The maximum absolute atomic E-state index is 9.82. The molecule has 2 rings (SSSR count). The lowest BCUT2D eigenvalue weighted by Gasteiger charge is -2.27.